The number of halogens is 1. The third-order valence-electron chi connectivity index (χ3n) is 2.39. The molecule has 2 aromatic rings. The van der Waals surface area contributed by atoms with Crippen molar-refractivity contribution in [2.75, 3.05) is 11.9 Å². The highest BCUT2D eigenvalue weighted by Gasteiger charge is 2.13. The lowest BCUT2D eigenvalue weighted by Gasteiger charge is -2.06. The fourth-order valence-corrected chi connectivity index (χ4v) is 1.92. The summed E-state index contributed by atoms with van der Waals surface area (Å²) in [7, 11) is 0. The first-order valence-electron chi connectivity index (χ1n) is 5.33. The molecule has 0 spiro atoms. The predicted molar refractivity (Wildman–Crippen MR) is 71.6 cm³/mol. The molecule has 0 unspecified atom stereocenters. The van der Waals surface area contributed by atoms with E-state index in [4.69, 9.17) is 0 Å². The highest BCUT2D eigenvalue weighted by molar-refractivity contribution is 9.10. The highest BCUT2D eigenvalue weighted by Crippen LogP contribution is 2.27. The molecular formula is C11H11BrN4O2. The first-order valence-corrected chi connectivity index (χ1v) is 6.12. The second-order valence-corrected chi connectivity index (χ2v) is 4.55. The van der Waals surface area contributed by atoms with Gasteiger partial charge in [-0.1, -0.05) is 15.9 Å². The van der Waals surface area contributed by atoms with Gasteiger partial charge >= 0.3 is 0 Å². The summed E-state index contributed by atoms with van der Waals surface area (Å²) in [4.78, 5) is 17.5. The molecule has 0 bridgehead atoms. The van der Waals surface area contributed by atoms with E-state index in [1.165, 1.54) is 6.07 Å². The number of benzene rings is 1. The first kappa shape index (κ1) is 12.6. The molecule has 2 N–H and O–H groups in total. The Morgan fingerprint density at radius 2 is 2.33 bits per heavy atom. The topological polar surface area (TPSA) is 83.8 Å². The number of nitro benzene ring substituents is 1. The number of H-pyrrole nitrogens is 1. The molecule has 0 aliphatic heterocycles. The third-order valence-corrected chi connectivity index (χ3v) is 2.88. The van der Waals surface area contributed by atoms with Gasteiger partial charge in [-0.3, -0.25) is 10.1 Å². The Hall–Kier alpha value is -1.89. The first-order chi connectivity index (χ1) is 8.66. The number of nitrogens with zero attached hydrogens (tertiary/aromatic N) is 2. The van der Waals surface area contributed by atoms with Crippen LogP contribution in [0.5, 0.6) is 0 Å². The minimum atomic E-state index is -0.401. The van der Waals surface area contributed by atoms with Crippen molar-refractivity contribution in [1.29, 1.82) is 0 Å². The van der Waals surface area contributed by atoms with Gasteiger partial charge in [-0.2, -0.15) is 0 Å². The Morgan fingerprint density at radius 3 is 3.00 bits per heavy atom. The summed E-state index contributed by atoms with van der Waals surface area (Å²) in [5.74, 6) is 0.847. The molecule has 18 heavy (non-hydrogen) atoms. The van der Waals surface area contributed by atoms with Crippen LogP contribution in [0.2, 0.25) is 0 Å². The molecule has 2 rings (SSSR count). The van der Waals surface area contributed by atoms with E-state index in [0.29, 0.717) is 18.7 Å². The fourth-order valence-electron chi connectivity index (χ4n) is 1.56. The third kappa shape index (κ3) is 3.07. The fraction of sp³-hybridized carbons (Fsp3) is 0.182. The van der Waals surface area contributed by atoms with Gasteiger partial charge in [-0.15, -0.1) is 0 Å². The van der Waals surface area contributed by atoms with Crippen LogP contribution in [0.1, 0.15) is 5.82 Å². The Bertz CT molecular complexity index is 542. The van der Waals surface area contributed by atoms with Crippen LogP contribution >= 0.6 is 15.9 Å². The molecule has 0 fully saturated rings. The van der Waals surface area contributed by atoms with Crippen LogP contribution in [-0.2, 0) is 6.42 Å². The summed E-state index contributed by atoms with van der Waals surface area (Å²) in [6.45, 7) is 0.574. The minimum absolute atomic E-state index is 0.0673. The molecule has 0 aliphatic carbocycles. The number of aromatic amines is 1. The number of imidazole rings is 1. The van der Waals surface area contributed by atoms with Crippen molar-refractivity contribution in [3.63, 3.8) is 0 Å². The average molecular weight is 311 g/mol. The van der Waals surface area contributed by atoms with Crippen molar-refractivity contribution in [3.8, 4) is 0 Å². The van der Waals surface area contributed by atoms with E-state index >= 15 is 0 Å². The smallest absolute Gasteiger partial charge is 0.292 e. The lowest BCUT2D eigenvalue weighted by molar-refractivity contribution is -0.384. The van der Waals surface area contributed by atoms with E-state index in [2.05, 4.69) is 31.2 Å². The van der Waals surface area contributed by atoms with Crippen molar-refractivity contribution < 1.29 is 4.92 Å². The van der Waals surface area contributed by atoms with Crippen molar-refractivity contribution in [2.24, 2.45) is 0 Å². The molecule has 1 aromatic carbocycles. The Morgan fingerprint density at radius 1 is 1.50 bits per heavy atom. The molecule has 0 amide bonds. The van der Waals surface area contributed by atoms with Gasteiger partial charge in [0.1, 0.15) is 11.5 Å². The Balaban J connectivity index is 2.03. The van der Waals surface area contributed by atoms with Crippen molar-refractivity contribution in [2.45, 2.75) is 6.42 Å². The largest absolute Gasteiger partial charge is 0.379 e. The van der Waals surface area contributed by atoms with E-state index in [0.717, 1.165) is 10.3 Å². The van der Waals surface area contributed by atoms with Gasteiger partial charge in [-0.05, 0) is 12.1 Å². The second kappa shape index (κ2) is 5.63. The zero-order valence-corrected chi connectivity index (χ0v) is 11.0. The molecular weight excluding hydrogens is 300 g/mol. The molecule has 0 saturated carbocycles. The highest BCUT2D eigenvalue weighted by atomic mass is 79.9. The van der Waals surface area contributed by atoms with Gasteiger partial charge in [0, 0.05) is 35.9 Å². The molecule has 6 nitrogen and oxygen atoms in total. The van der Waals surface area contributed by atoms with E-state index in [9.17, 15) is 10.1 Å². The van der Waals surface area contributed by atoms with Crippen LogP contribution in [0.25, 0.3) is 0 Å². The van der Waals surface area contributed by atoms with Gasteiger partial charge in [0.25, 0.3) is 5.69 Å². The summed E-state index contributed by atoms with van der Waals surface area (Å²) in [6, 6.07) is 4.81. The van der Waals surface area contributed by atoms with Gasteiger partial charge in [-0.25, -0.2) is 4.98 Å². The van der Waals surface area contributed by atoms with E-state index < -0.39 is 4.92 Å². The van der Waals surface area contributed by atoms with Gasteiger partial charge in [0.15, 0.2) is 0 Å². The standard InChI is InChI=1S/C11H11BrN4O2/c12-8-1-2-10(16(17)18)9(7-8)13-4-3-11-14-5-6-15-11/h1-2,5-7,13H,3-4H2,(H,14,15). The SMILES string of the molecule is O=[N+]([O-])c1ccc(Br)cc1NCCc1ncc[nH]1. The Kier molecular flexibility index (Phi) is 3.93. The number of rotatable bonds is 5. The number of hydrogen-bond donors (Lipinski definition) is 2. The van der Waals surface area contributed by atoms with E-state index in [1.807, 2.05) is 0 Å². The zero-order valence-electron chi connectivity index (χ0n) is 9.39. The second-order valence-electron chi connectivity index (χ2n) is 3.63. The maximum atomic E-state index is 10.9. The summed E-state index contributed by atoms with van der Waals surface area (Å²) < 4.78 is 0.800. The van der Waals surface area contributed by atoms with Gasteiger partial charge in [0.2, 0.25) is 0 Å². The lowest BCUT2D eigenvalue weighted by atomic mass is 10.2. The number of hydrogen-bond acceptors (Lipinski definition) is 4. The molecule has 0 saturated heterocycles. The molecule has 1 aromatic heterocycles. The lowest BCUT2D eigenvalue weighted by Crippen LogP contribution is -2.07. The monoisotopic (exact) mass is 310 g/mol. The summed E-state index contributed by atoms with van der Waals surface area (Å²) >= 11 is 3.29. The maximum Gasteiger partial charge on any atom is 0.292 e. The zero-order chi connectivity index (χ0) is 13.0. The van der Waals surface area contributed by atoms with Crippen molar-refractivity contribution >= 4 is 27.3 Å². The van der Waals surface area contributed by atoms with Gasteiger partial charge in [0.05, 0.1) is 4.92 Å². The molecule has 0 radical (unpaired) electrons. The Labute approximate surface area is 112 Å². The molecule has 0 aliphatic rings. The van der Waals surface area contributed by atoms with E-state index in [1.54, 1.807) is 24.5 Å². The summed E-state index contributed by atoms with van der Waals surface area (Å²) in [5.41, 5.74) is 0.568. The van der Waals surface area contributed by atoms with Crippen molar-refractivity contribution in [3.05, 3.63) is 51.0 Å². The molecule has 1 heterocycles. The molecule has 94 valence electrons. The van der Waals surface area contributed by atoms with Crippen LogP contribution in [0.4, 0.5) is 11.4 Å². The van der Waals surface area contributed by atoms with Crippen LogP contribution in [0.15, 0.2) is 35.1 Å². The van der Waals surface area contributed by atoms with Crippen LogP contribution in [0.3, 0.4) is 0 Å². The van der Waals surface area contributed by atoms with Crippen molar-refractivity contribution in [1.82, 2.24) is 9.97 Å². The number of aromatic nitrogens is 2. The normalized spacial score (nSPS) is 10.3. The molecule has 0 atom stereocenters. The van der Waals surface area contributed by atoms with Crippen LogP contribution < -0.4 is 5.32 Å². The number of anilines is 1. The quantitative estimate of drug-likeness (QED) is 0.657. The molecule has 7 heteroatoms. The predicted octanol–water partition coefficient (Wildman–Crippen LogP) is 2.74. The maximum absolute atomic E-state index is 10.9. The average Bonchev–Trinajstić information content (AvgIpc) is 2.82. The minimum Gasteiger partial charge on any atom is -0.379 e. The van der Waals surface area contributed by atoms with Crippen LogP contribution in [0, 0.1) is 10.1 Å². The summed E-state index contributed by atoms with van der Waals surface area (Å²) in [5, 5.41) is 13.9. The van der Waals surface area contributed by atoms with E-state index in [-0.39, 0.29) is 5.69 Å². The number of nitrogens with one attached hydrogen (secondary N) is 2. The van der Waals surface area contributed by atoms with Gasteiger partial charge < -0.3 is 10.3 Å². The van der Waals surface area contributed by atoms with Crippen LogP contribution in [-0.4, -0.2) is 21.4 Å². The summed E-state index contributed by atoms with van der Waals surface area (Å²) in [6.07, 6.45) is 4.10. The number of nitro groups is 1.